The van der Waals surface area contributed by atoms with Gasteiger partial charge in [0.25, 0.3) is 5.91 Å². The second-order valence-corrected chi connectivity index (χ2v) is 5.30. The van der Waals surface area contributed by atoms with Crippen molar-refractivity contribution in [3.63, 3.8) is 0 Å². The van der Waals surface area contributed by atoms with Gasteiger partial charge in [-0.3, -0.25) is 4.79 Å². The Labute approximate surface area is 144 Å². The standard InChI is InChI=1S/C18H17N3O4/c1-11-6-4-5-7-13(11)18(22)19-17-16(20-25-21-17)12-8-9-14(23-2)15(10-12)24-3/h4-10H,1-3H3,(H,19,21,22). The van der Waals surface area contributed by atoms with Gasteiger partial charge in [-0.15, -0.1) is 0 Å². The molecule has 2 aromatic carbocycles. The van der Waals surface area contributed by atoms with E-state index in [0.717, 1.165) is 5.56 Å². The van der Waals surface area contributed by atoms with Gasteiger partial charge in [-0.1, -0.05) is 18.2 Å². The summed E-state index contributed by atoms with van der Waals surface area (Å²) < 4.78 is 15.3. The number of rotatable bonds is 5. The van der Waals surface area contributed by atoms with E-state index in [-0.39, 0.29) is 11.7 Å². The largest absolute Gasteiger partial charge is 0.493 e. The predicted molar refractivity (Wildman–Crippen MR) is 92.0 cm³/mol. The lowest BCUT2D eigenvalue weighted by Crippen LogP contribution is -2.14. The lowest BCUT2D eigenvalue weighted by atomic mass is 10.1. The van der Waals surface area contributed by atoms with Crippen molar-refractivity contribution in [3.05, 3.63) is 53.6 Å². The number of nitrogens with one attached hydrogen (secondary N) is 1. The van der Waals surface area contributed by atoms with E-state index in [1.165, 1.54) is 0 Å². The normalized spacial score (nSPS) is 10.4. The zero-order chi connectivity index (χ0) is 17.8. The minimum atomic E-state index is -0.282. The van der Waals surface area contributed by atoms with E-state index in [1.807, 2.05) is 19.1 Å². The fraction of sp³-hybridized carbons (Fsp3) is 0.167. The molecule has 0 aliphatic carbocycles. The number of ether oxygens (including phenoxy) is 2. The number of methoxy groups -OCH3 is 2. The fourth-order valence-corrected chi connectivity index (χ4v) is 2.45. The zero-order valence-corrected chi connectivity index (χ0v) is 14.1. The number of carbonyl (C=O) groups excluding carboxylic acids is 1. The minimum Gasteiger partial charge on any atom is -0.493 e. The molecule has 0 unspecified atom stereocenters. The third-order valence-electron chi connectivity index (χ3n) is 3.77. The number of aryl methyl sites for hydroxylation is 1. The molecule has 0 fully saturated rings. The number of carbonyl (C=O) groups is 1. The van der Waals surface area contributed by atoms with Crippen LogP contribution in [0.3, 0.4) is 0 Å². The Hall–Kier alpha value is -3.35. The van der Waals surface area contributed by atoms with Gasteiger partial charge in [0.05, 0.1) is 14.2 Å². The van der Waals surface area contributed by atoms with Crippen molar-refractivity contribution < 1.29 is 18.9 Å². The summed E-state index contributed by atoms with van der Waals surface area (Å²) >= 11 is 0. The molecule has 0 atom stereocenters. The number of nitrogens with zero attached hydrogens (tertiary/aromatic N) is 2. The Morgan fingerprint density at radius 3 is 2.52 bits per heavy atom. The monoisotopic (exact) mass is 339 g/mol. The lowest BCUT2D eigenvalue weighted by Gasteiger charge is -2.09. The highest BCUT2D eigenvalue weighted by molar-refractivity contribution is 6.06. The summed E-state index contributed by atoms with van der Waals surface area (Å²) in [7, 11) is 3.10. The average Bonchev–Trinajstić information content (AvgIpc) is 3.09. The van der Waals surface area contributed by atoms with Gasteiger partial charge in [-0.05, 0) is 47.1 Å². The van der Waals surface area contributed by atoms with Gasteiger partial charge in [-0.25, -0.2) is 4.63 Å². The van der Waals surface area contributed by atoms with Gasteiger partial charge in [0, 0.05) is 11.1 Å². The van der Waals surface area contributed by atoms with E-state index in [0.29, 0.717) is 28.3 Å². The van der Waals surface area contributed by atoms with Crippen LogP contribution in [0.25, 0.3) is 11.3 Å². The molecule has 1 amide bonds. The molecule has 128 valence electrons. The van der Waals surface area contributed by atoms with Crippen molar-refractivity contribution in [1.29, 1.82) is 0 Å². The fourth-order valence-electron chi connectivity index (χ4n) is 2.45. The number of hydrogen-bond acceptors (Lipinski definition) is 6. The minimum absolute atomic E-state index is 0.237. The van der Waals surface area contributed by atoms with Crippen LogP contribution in [0.15, 0.2) is 47.1 Å². The molecule has 0 spiro atoms. The maximum atomic E-state index is 12.5. The Balaban J connectivity index is 1.91. The van der Waals surface area contributed by atoms with Crippen LogP contribution < -0.4 is 14.8 Å². The lowest BCUT2D eigenvalue weighted by molar-refractivity contribution is 0.102. The summed E-state index contributed by atoms with van der Waals surface area (Å²) in [4.78, 5) is 12.5. The van der Waals surface area contributed by atoms with Crippen LogP contribution >= 0.6 is 0 Å². The topological polar surface area (TPSA) is 86.5 Å². The van der Waals surface area contributed by atoms with Crippen LogP contribution in [0.4, 0.5) is 5.82 Å². The van der Waals surface area contributed by atoms with Gasteiger partial charge < -0.3 is 14.8 Å². The Kier molecular flexibility index (Phi) is 4.65. The molecule has 0 bridgehead atoms. The van der Waals surface area contributed by atoms with Crippen LogP contribution in [0.1, 0.15) is 15.9 Å². The smallest absolute Gasteiger partial charge is 0.257 e. The molecular weight excluding hydrogens is 322 g/mol. The van der Waals surface area contributed by atoms with Gasteiger partial charge in [0.2, 0.25) is 5.82 Å². The summed E-state index contributed by atoms with van der Waals surface area (Å²) in [5, 5.41) is 10.4. The van der Waals surface area contributed by atoms with Crippen LogP contribution in [-0.4, -0.2) is 30.4 Å². The van der Waals surface area contributed by atoms with Crippen molar-refractivity contribution in [1.82, 2.24) is 10.3 Å². The Bertz CT molecular complexity index is 905. The first-order valence-electron chi connectivity index (χ1n) is 7.56. The third-order valence-corrected chi connectivity index (χ3v) is 3.77. The first kappa shape index (κ1) is 16.5. The number of aromatic nitrogens is 2. The van der Waals surface area contributed by atoms with Crippen molar-refractivity contribution >= 4 is 11.7 Å². The van der Waals surface area contributed by atoms with Crippen LogP contribution in [0, 0.1) is 6.92 Å². The SMILES string of the molecule is COc1ccc(-c2nonc2NC(=O)c2ccccc2C)cc1OC. The summed E-state index contributed by atoms with van der Waals surface area (Å²) in [5.41, 5.74) is 2.51. The van der Waals surface area contributed by atoms with Gasteiger partial charge >= 0.3 is 0 Å². The summed E-state index contributed by atoms with van der Waals surface area (Å²) in [6.07, 6.45) is 0. The molecule has 3 rings (SSSR count). The molecule has 7 nitrogen and oxygen atoms in total. The van der Waals surface area contributed by atoms with Crippen molar-refractivity contribution in [2.45, 2.75) is 6.92 Å². The third kappa shape index (κ3) is 3.30. The van der Waals surface area contributed by atoms with Crippen molar-refractivity contribution in [2.75, 3.05) is 19.5 Å². The molecule has 0 saturated heterocycles. The zero-order valence-electron chi connectivity index (χ0n) is 14.1. The first-order valence-corrected chi connectivity index (χ1v) is 7.56. The molecule has 0 saturated carbocycles. The molecule has 0 aliphatic rings. The van der Waals surface area contributed by atoms with E-state index in [9.17, 15) is 4.79 Å². The quantitative estimate of drug-likeness (QED) is 0.767. The molecule has 0 aliphatic heterocycles. The van der Waals surface area contributed by atoms with Gasteiger partial charge in [-0.2, -0.15) is 0 Å². The first-order chi connectivity index (χ1) is 12.1. The highest BCUT2D eigenvalue weighted by Gasteiger charge is 2.18. The van der Waals surface area contributed by atoms with E-state index >= 15 is 0 Å². The van der Waals surface area contributed by atoms with E-state index in [1.54, 1.807) is 44.6 Å². The molecular formula is C18H17N3O4. The number of benzene rings is 2. The van der Waals surface area contributed by atoms with Gasteiger partial charge in [0.15, 0.2) is 17.2 Å². The molecule has 1 aromatic heterocycles. The number of amides is 1. The molecule has 7 heteroatoms. The highest BCUT2D eigenvalue weighted by atomic mass is 16.6. The Morgan fingerprint density at radius 1 is 1.04 bits per heavy atom. The van der Waals surface area contributed by atoms with Gasteiger partial charge in [0.1, 0.15) is 0 Å². The molecule has 25 heavy (non-hydrogen) atoms. The predicted octanol–water partition coefficient (Wildman–Crippen LogP) is 3.31. The van der Waals surface area contributed by atoms with Crippen LogP contribution in [0.5, 0.6) is 11.5 Å². The van der Waals surface area contributed by atoms with Crippen molar-refractivity contribution in [2.24, 2.45) is 0 Å². The number of anilines is 1. The Morgan fingerprint density at radius 2 is 1.80 bits per heavy atom. The van der Waals surface area contributed by atoms with Crippen LogP contribution in [-0.2, 0) is 0 Å². The van der Waals surface area contributed by atoms with E-state index < -0.39 is 0 Å². The second kappa shape index (κ2) is 7.04. The maximum absolute atomic E-state index is 12.5. The summed E-state index contributed by atoms with van der Waals surface area (Å²) in [6, 6.07) is 12.6. The summed E-state index contributed by atoms with van der Waals surface area (Å²) in [6.45, 7) is 1.87. The molecule has 1 N–H and O–H groups in total. The average molecular weight is 339 g/mol. The highest BCUT2D eigenvalue weighted by Crippen LogP contribution is 2.33. The number of hydrogen-bond donors (Lipinski definition) is 1. The van der Waals surface area contributed by atoms with Crippen LogP contribution in [0.2, 0.25) is 0 Å². The molecule has 3 aromatic rings. The second-order valence-electron chi connectivity index (χ2n) is 5.30. The summed E-state index contributed by atoms with van der Waals surface area (Å²) in [5.74, 6) is 1.09. The van der Waals surface area contributed by atoms with E-state index in [2.05, 4.69) is 15.6 Å². The molecule has 0 radical (unpaired) electrons. The van der Waals surface area contributed by atoms with E-state index in [4.69, 9.17) is 14.1 Å². The van der Waals surface area contributed by atoms with Crippen molar-refractivity contribution in [3.8, 4) is 22.8 Å². The molecule has 1 heterocycles. The maximum Gasteiger partial charge on any atom is 0.257 e.